The molecule has 3 rings (SSSR count). The largest absolute Gasteiger partial charge is 0.462 e. The maximum Gasteiger partial charge on any atom is 0.303 e. The summed E-state index contributed by atoms with van der Waals surface area (Å²) in [6.45, 7) is 17.5. The van der Waals surface area contributed by atoms with Crippen molar-refractivity contribution < 1.29 is 28.6 Å². The molecule has 39 heavy (non-hydrogen) atoms. The zero-order chi connectivity index (χ0) is 29.0. The normalized spacial score (nSPS) is 32.0. The molecule has 0 bridgehead atoms. The van der Waals surface area contributed by atoms with Crippen LogP contribution in [-0.4, -0.2) is 35.7 Å². The molecule has 0 radical (unpaired) electrons. The molecule has 0 aromatic rings. The molecular formula is C33H50O6. The quantitative estimate of drug-likeness (QED) is 0.223. The van der Waals surface area contributed by atoms with E-state index < -0.39 is 11.7 Å². The van der Waals surface area contributed by atoms with Crippen LogP contribution in [0.2, 0.25) is 0 Å². The molecule has 6 atom stereocenters. The van der Waals surface area contributed by atoms with Crippen LogP contribution in [0.5, 0.6) is 0 Å². The molecule has 218 valence electrons. The highest BCUT2D eigenvalue weighted by Gasteiger charge is 2.50. The molecule has 2 unspecified atom stereocenters. The molecular weight excluding hydrogens is 492 g/mol. The number of carbonyl (C=O) groups excluding carboxylic acids is 3. The topological polar surface area (TPSA) is 78.9 Å². The van der Waals surface area contributed by atoms with Crippen molar-refractivity contribution in [2.24, 2.45) is 23.2 Å². The number of rotatable bonds is 9. The number of hydrogen-bond donors (Lipinski definition) is 0. The molecule has 3 aliphatic carbocycles. The van der Waals surface area contributed by atoms with E-state index in [1.165, 1.54) is 52.0 Å². The van der Waals surface area contributed by atoms with E-state index in [1.807, 2.05) is 13.8 Å². The lowest BCUT2D eigenvalue weighted by Gasteiger charge is -2.44. The summed E-state index contributed by atoms with van der Waals surface area (Å²) in [6, 6.07) is 0. The second-order valence-electron chi connectivity index (χ2n) is 13.0. The van der Waals surface area contributed by atoms with Crippen molar-refractivity contribution in [3.63, 3.8) is 0 Å². The third kappa shape index (κ3) is 8.08. The standard InChI is InChI=1S/C33H50O6/c1-21(11-9-17-32(6,7)39-25(5)36)29-15-16-30-26(12-10-18-33(29,30)8)13-14-27-19-28(37-23(3)34)20-31(22(27)2)38-24(4)35/h13-14,21,28-31H,2,9-12,15-20H2,1,3-8H3/b26-13?,27-14-/t21-,28-,29-,30?,31?,33-/m1/s1. The lowest BCUT2D eigenvalue weighted by Crippen LogP contribution is -2.36. The summed E-state index contributed by atoms with van der Waals surface area (Å²) in [5.41, 5.74) is 3.19. The minimum atomic E-state index is -0.468. The van der Waals surface area contributed by atoms with Crippen molar-refractivity contribution in [1.82, 2.24) is 0 Å². The maximum absolute atomic E-state index is 11.7. The average molecular weight is 543 g/mol. The molecule has 0 spiro atoms. The fourth-order valence-corrected chi connectivity index (χ4v) is 7.78. The smallest absolute Gasteiger partial charge is 0.303 e. The van der Waals surface area contributed by atoms with Crippen LogP contribution in [0.25, 0.3) is 0 Å². The minimum Gasteiger partial charge on any atom is -0.462 e. The molecule has 3 saturated carbocycles. The van der Waals surface area contributed by atoms with Gasteiger partial charge in [-0.15, -0.1) is 0 Å². The van der Waals surface area contributed by atoms with Crippen molar-refractivity contribution >= 4 is 17.9 Å². The van der Waals surface area contributed by atoms with E-state index >= 15 is 0 Å². The van der Waals surface area contributed by atoms with E-state index in [1.54, 1.807) is 0 Å². The van der Waals surface area contributed by atoms with Gasteiger partial charge in [0.1, 0.15) is 17.8 Å². The zero-order valence-electron chi connectivity index (χ0n) is 25.3. The molecule has 6 nitrogen and oxygen atoms in total. The number of esters is 3. The van der Waals surface area contributed by atoms with Gasteiger partial charge < -0.3 is 14.2 Å². The predicted octanol–water partition coefficient (Wildman–Crippen LogP) is 7.42. The van der Waals surface area contributed by atoms with Gasteiger partial charge in [-0.2, -0.15) is 0 Å². The van der Waals surface area contributed by atoms with E-state index in [4.69, 9.17) is 14.2 Å². The van der Waals surface area contributed by atoms with E-state index in [-0.39, 0.29) is 29.4 Å². The van der Waals surface area contributed by atoms with Crippen molar-refractivity contribution in [1.29, 1.82) is 0 Å². The molecule has 0 amide bonds. The second kappa shape index (κ2) is 12.9. The van der Waals surface area contributed by atoms with Gasteiger partial charge in [-0.05, 0) is 93.1 Å². The van der Waals surface area contributed by atoms with Gasteiger partial charge in [0, 0.05) is 33.6 Å². The van der Waals surface area contributed by atoms with Crippen LogP contribution < -0.4 is 0 Å². The summed E-state index contributed by atoms with van der Waals surface area (Å²) in [4.78, 5) is 34.7. The number of allylic oxidation sites excluding steroid dienone is 3. The van der Waals surface area contributed by atoms with Crippen LogP contribution in [0, 0.1) is 23.2 Å². The second-order valence-corrected chi connectivity index (χ2v) is 13.0. The molecule has 0 aromatic heterocycles. The Balaban J connectivity index is 1.71. The third-order valence-corrected chi connectivity index (χ3v) is 9.45. The molecule has 3 fully saturated rings. The molecule has 0 N–H and O–H groups in total. The minimum absolute atomic E-state index is 0.212. The first kappa shape index (κ1) is 31.2. The van der Waals surface area contributed by atoms with Gasteiger partial charge >= 0.3 is 17.9 Å². The molecule has 0 aliphatic heterocycles. The molecule has 3 aliphatic rings. The van der Waals surface area contributed by atoms with E-state index in [9.17, 15) is 14.4 Å². The Morgan fingerprint density at radius 2 is 1.77 bits per heavy atom. The highest BCUT2D eigenvalue weighted by Crippen LogP contribution is 2.60. The SMILES string of the molecule is C=C1/C(=C\C=C2CCC[C@@]3(C)C2CC[C@@H]3[C@H](C)CCCC(C)(C)OC(C)=O)C[C@@H](OC(C)=O)CC1OC(C)=O. The van der Waals surface area contributed by atoms with Crippen LogP contribution in [0.3, 0.4) is 0 Å². The van der Waals surface area contributed by atoms with E-state index in [2.05, 4.69) is 32.6 Å². The summed E-state index contributed by atoms with van der Waals surface area (Å²) in [7, 11) is 0. The van der Waals surface area contributed by atoms with E-state index in [0.717, 1.165) is 36.8 Å². The predicted molar refractivity (Wildman–Crippen MR) is 153 cm³/mol. The lowest BCUT2D eigenvalue weighted by atomic mass is 9.60. The van der Waals surface area contributed by atoms with Crippen molar-refractivity contribution in [3.05, 3.63) is 35.5 Å². The fraction of sp³-hybridized carbons (Fsp3) is 0.727. The summed E-state index contributed by atoms with van der Waals surface area (Å²) in [5.74, 6) is 0.983. The summed E-state index contributed by atoms with van der Waals surface area (Å²) in [5, 5.41) is 0. The monoisotopic (exact) mass is 542 g/mol. The van der Waals surface area contributed by atoms with Crippen molar-refractivity contribution in [2.45, 2.75) is 130 Å². The molecule has 6 heteroatoms. The van der Waals surface area contributed by atoms with Gasteiger partial charge in [-0.25, -0.2) is 0 Å². The number of ether oxygens (including phenoxy) is 3. The van der Waals surface area contributed by atoms with Gasteiger partial charge in [0.05, 0.1) is 0 Å². The van der Waals surface area contributed by atoms with Crippen LogP contribution >= 0.6 is 0 Å². The fourth-order valence-electron chi connectivity index (χ4n) is 7.78. The first-order valence-electron chi connectivity index (χ1n) is 14.8. The third-order valence-electron chi connectivity index (χ3n) is 9.45. The Bertz CT molecular complexity index is 1000. The van der Waals surface area contributed by atoms with Crippen LogP contribution in [0.4, 0.5) is 0 Å². The van der Waals surface area contributed by atoms with Gasteiger partial charge in [-0.1, -0.05) is 44.6 Å². The molecule has 0 aromatic carbocycles. The molecule has 0 saturated heterocycles. The number of fused-ring (bicyclic) bond motifs is 1. The summed E-state index contributed by atoms with van der Waals surface area (Å²) < 4.78 is 16.5. The molecule has 0 heterocycles. The first-order chi connectivity index (χ1) is 18.2. The van der Waals surface area contributed by atoms with Crippen LogP contribution in [0.15, 0.2) is 35.5 Å². The summed E-state index contributed by atoms with van der Waals surface area (Å²) in [6.07, 6.45) is 13.8. The number of hydrogen-bond acceptors (Lipinski definition) is 6. The highest BCUT2D eigenvalue weighted by atomic mass is 16.6. The highest BCUT2D eigenvalue weighted by molar-refractivity contribution is 5.67. The van der Waals surface area contributed by atoms with E-state index in [0.29, 0.717) is 30.6 Å². The lowest BCUT2D eigenvalue weighted by molar-refractivity contribution is -0.155. The van der Waals surface area contributed by atoms with Gasteiger partial charge in [0.25, 0.3) is 0 Å². The van der Waals surface area contributed by atoms with Gasteiger partial charge in [0.15, 0.2) is 0 Å². The first-order valence-corrected chi connectivity index (χ1v) is 14.8. The van der Waals surface area contributed by atoms with Gasteiger partial charge in [-0.3, -0.25) is 14.4 Å². The Morgan fingerprint density at radius 1 is 1.08 bits per heavy atom. The Hall–Kier alpha value is -2.37. The Kier molecular flexibility index (Phi) is 10.3. The van der Waals surface area contributed by atoms with Gasteiger partial charge in [0.2, 0.25) is 0 Å². The number of carbonyl (C=O) groups is 3. The summed E-state index contributed by atoms with van der Waals surface area (Å²) >= 11 is 0. The Labute approximate surface area is 235 Å². The van der Waals surface area contributed by atoms with Crippen molar-refractivity contribution in [2.75, 3.05) is 0 Å². The Morgan fingerprint density at radius 3 is 2.41 bits per heavy atom. The zero-order valence-corrected chi connectivity index (χ0v) is 25.3. The van der Waals surface area contributed by atoms with Crippen LogP contribution in [0.1, 0.15) is 113 Å². The average Bonchev–Trinajstić information content (AvgIpc) is 3.16. The van der Waals surface area contributed by atoms with Crippen molar-refractivity contribution in [3.8, 4) is 0 Å². The maximum atomic E-state index is 11.7. The van der Waals surface area contributed by atoms with Crippen LogP contribution in [-0.2, 0) is 28.6 Å².